The van der Waals surface area contributed by atoms with Crippen LogP contribution in [0.2, 0.25) is 0 Å². The van der Waals surface area contributed by atoms with E-state index in [1.807, 2.05) is 6.08 Å². The van der Waals surface area contributed by atoms with E-state index in [1.54, 1.807) is 6.08 Å². The largest absolute Gasteiger partial charge is 0.492 e. The molecule has 2 fully saturated rings. The van der Waals surface area contributed by atoms with Crippen LogP contribution in [0.25, 0.3) is 0 Å². The number of ether oxygens (including phenoxy) is 2. The fourth-order valence-electron chi connectivity index (χ4n) is 2.26. The fourth-order valence-corrected chi connectivity index (χ4v) is 2.85. The molecule has 104 valence electrons. The highest BCUT2D eigenvalue weighted by Gasteiger charge is 2.44. The van der Waals surface area contributed by atoms with E-state index in [0.29, 0.717) is 0 Å². The molecule has 19 heavy (non-hydrogen) atoms. The fraction of sp³-hybridized carbons (Fsp3) is 0.600. The van der Waals surface area contributed by atoms with Gasteiger partial charge in [-0.25, -0.2) is 0 Å². The Labute approximate surface area is 128 Å². The third kappa shape index (κ3) is 4.02. The number of epoxide rings is 1. The van der Waals surface area contributed by atoms with Crippen LogP contribution >= 0.6 is 27.5 Å². The second kappa shape index (κ2) is 6.83. The van der Waals surface area contributed by atoms with Gasteiger partial charge in [0, 0.05) is 17.3 Å². The minimum atomic E-state index is -0.0510. The molecule has 2 nitrogen and oxygen atoms in total. The van der Waals surface area contributed by atoms with Crippen molar-refractivity contribution in [1.29, 1.82) is 0 Å². The second-order valence-corrected chi connectivity index (χ2v) is 6.33. The van der Waals surface area contributed by atoms with E-state index >= 15 is 0 Å². The Morgan fingerprint density at radius 2 is 2.37 bits per heavy atom. The van der Waals surface area contributed by atoms with Gasteiger partial charge in [-0.3, -0.25) is 0 Å². The van der Waals surface area contributed by atoms with Crippen molar-refractivity contribution in [3.63, 3.8) is 0 Å². The highest BCUT2D eigenvalue weighted by atomic mass is 79.9. The first kappa shape index (κ1) is 15.0. The van der Waals surface area contributed by atoms with Crippen LogP contribution in [0.15, 0.2) is 22.4 Å². The standard InChI is InChI=1S/C15H18BrClO2/c1-3-5-6-7-12-11(17)8-14-15(19-14)9-13(18-12)10(16)4-2/h1,5-6,11-12,14-15H,4,7-9H2,2H3/b6-5-,13-10-/t11-,12-,14+,15-/m0/s1. The Bertz CT molecular complexity index is 424. The zero-order chi connectivity index (χ0) is 13.8. The third-order valence-electron chi connectivity index (χ3n) is 3.42. The molecule has 0 bridgehead atoms. The Balaban J connectivity index is 2.11. The molecule has 4 heteroatoms. The van der Waals surface area contributed by atoms with Crippen LogP contribution in [0.4, 0.5) is 0 Å². The normalized spacial score (nSPS) is 36.7. The molecular formula is C15H18BrClO2. The quantitative estimate of drug-likeness (QED) is 0.436. The predicted molar refractivity (Wildman–Crippen MR) is 81.2 cm³/mol. The van der Waals surface area contributed by atoms with Gasteiger partial charge in [-0.05, 0) is 18.9 Å². The summed E-state index contributed by atoms with van der Waals surface area (Å²) in [7, 11) is 0. The first-order valence-corrected chi connectivity index (χ1v) is 7.83. The molecular weight excluding hydrogens is 328 g/mol. The molecule has 0 saturated carbocycles. The summed E-state index contributed by atoms with van der Waals surface area (Å²) in [6.45, 7) is 2.09. The summed E-state index contributed by atoms with van der Waals surface area (Å²) in [5, 5.41) is -0.0510. The molecule has 0 aromatic carbocycles. The molecule has 2 heterocycles. The van der Waals surface area contributed by atoms with Gasteiger partial charge in [-0.1, -0.05) is 34.9 Å². The summed E-state index contributed by atoms with van der Waals surface area (Å²) in [4.78, 5) is 0. The smallest absolute Gasteiger partial charge is 0.118 e. The monoisotopic (exact) mass is 344 g/mol. The van der Waals surface area contributed by atoms with Crippen molar-refractivity contribution in [2.24, 2.45) is 0 Å². The van der Waals surface area contributed by atoms with Gasteiger partial charge in [-0.15, -0.1) is 18.0 Å². The van der Waals surface area contributed by atoms with Crippen molar-refractivity contribution in [3.8, 4) is 12.3 Å². The number of allylic oxidation sites excluding steroid dienone is 2. The van der Waals surface area contributed by atoms with Crippen LogP contribution < -0.4 is 0 Å². The Kier molecular flexibility index (Phi) is 5.38. The predicted octanol–water partition coefficient (Wildman–Crippen LogP) is 4.14. The average molecular weight is 346 g/mol. The summed E-state index contributed by atoms with van der Waals surface area (Å²) in [5.74, 6) is 3.46. The summed E-state index contributed by atoms with van der Waals surface area (Å²) >= 11 is 10.0. The van der Waals surface area contributed by atoms with Crippen molar-refractivity contribution in [1.82, 2.24) is 0 Å². The Morgan fingerprint density at radius 3 is 3.05 bits per heavy atom. The van der Waals surface area contributed by atoms with Crippen molar-refractivity contribution in [2.75, 3.05) is 0 Å². The van der Waals surface area contributed by atoms with E-state index in [0.717, 1.165) is 35.9 Å². The lowest BCUT2D eigenvalue weighted by atomic mass is 10.0. The summed E-state index contributed by atoms with van der Waals surface area (Å²) in [6, 6.07) is 0. The maximum absolute atomic E-state index is 6.44. The second-order valence-electron chi connectivity index (χ2n) is 4.81. The van der Waals surface area contributed by atoms with Gasteiger partial charge in [0.1, 0.15) is 11.9 Å². The van der Waals surface area contributed by atoms with E-state index in [4.69, 9.17) is 27.5 Å². The first-order valence-electron chi connectivity index (χ1n) is 6.60. The minimum Gasteiger partial charge on any atom is -0.492 e. The molecule has 0 amide bonds. The Hall–Kier alpha value is -0.430. The average Bonchev–Trinajstić information content (AvgIpc) is 3.11. The number of hydrogen-bond donors (Lipinski definition) is 0. The van der Waals surface area contributed by atoms with Gasteiger partial charge >= 0.3 is 0 Å². The van der Waals surface area contributed by atoms with E-state index in [1.165, 1.54) is 0 Å². The molecule has 0 unspecified atom stereocenters. The van der Waals surface area contributed by atoms with E-state index in [-0.39, 0.29) is 23.7 Å². The maximum atomic E-state index is 6.44. The molecule has 0 radical (unpaired) electrons. The Morgan fingerprint density at radius 1 is 1.58 bits per heavy atom. The van der Waals surface area contributed by atoms with E-state index in [9.17, 15) is 0 Å². The van der Waals surface area contributed by atoms with Crippen molar-refractivity contribution in [3.05, 3.63) is 22.4 Å². The highest BCUT2D eigenvalue weighted by Crippen LogP contribution is 2.40. The van der Waals surface area contributed by atoms with Crippen molar-refractivity contribution < 1.29 is 9.47 Å². The molecule has 0 aromatic rings. The number of halogens is 2. The van der Waals surface area contributed by atoms with E-state index < -0.39 is 0 Å². The summed E-state index contributed by atoms with van der Waals surface area (Å²) in [5.41, 5.74) is 0. The maximum Gasteiger partial charge on any atom is 0.118 e. The molecule has 4 atom stereocenters. The van der Waals surface area contributed by atoms with Crippen LogP contribution in [0, 0.1) is 12.3 Å². The zero-order valence-corrected chi connectivity index (χ0v) is 13.3. The highest BCUT2D eigenvalue weighted by molar-refractivity contribution is 9.11. The van der Waals surface area contributed by atoms with E-state index in [2.05, 4.69) is 28.8 Å². The third-order valence-corrected chi connectivity index (χ3v) is 4.89. The van der Waals surface area contributed by atoms with Gasteiger partial charge in [-0.2, -0.15) is 0 Å². The molecule has 0 N–H and O–H groups in total. The molecule has 2 rings (SSSR count). The summed E-state index contributed by atoms with van der Waals surface area (Å²) in [6.07, 6.45) is 12.7. The van der Waals surface area contributed by atoms with Crippen LogP contribution in [0.3, 0.4) is 0 Å². The number of terminal acetylenes is 1. The lowest BCUT2D eigenvalue weighted by Crippen LogP contribution is -2.28. The lowest BCUT2D eigenvalue weighted by molar-refractivity contribution is 0.0992. The molecule has 0 aliphatic carbocycles. The molecule has 2 saturated heterocycles. The zero-order valence-electron chi connectivity index (χ0n) is 10.9. The van der Waals surface area contributed by atoms with Crippen LogP contribution in [-0.4, -0.2) is 23.7 Å². The molecule has 2 aliphatic rings. The molecule has 0 aromatic heterocycles. The SMILES string of the molecule is C#C/C=C\C[C@@H]1O/C(=C(\Br)CC)C[C@@H]2O[C@@H]2C[C@@H]1Cl. The van der Waals surface area contributed by atoms with Gasteiger partial charge in [0.05, 0.1) is 17.6 Å². The number of alkyl halides is 1. The number of rotatable bonds is 3. The van der Waals surface area contributed by atoms with Crippen molar-refractivity contribution in [2.45, 2.75) is 56.3 Å². The molecule has 2 aliphatic heterocycles. The first-order chi connectivity index (χ1) is 9.15. The van der Waals surface area contributed by atoms with Crippen molar-refractivity contribution >= 4 is 27.5 Å². The lowest BCUT2D eigenvalue weighted by Gasteiger charge is -2.26. The van der Waals surface area contributed by atoms with Crippen LogP contribution in [0.1, 0.15) is 32.6 Å². The van der Waals surface area contributed by atoms with Gasteiger partial charge in [0.15, 0.2) is 0 Å². The van der Waals surface area contributed by atoms with Crippen LogP contribution in [-0.2, 0) is 9.47 Å². The summed E-state index contributed by atoms with van der Waals surface area (Å²) < 4.78 is 12.8. The van der Waals surface area contributed by atoms with Gasteiger partial charge < -0.3 is 9.47 Å². The minimum absolute atomic E-state index is 0.0504. The van der Waals surface area contributed by atoms with Gasteiger partial charge in [0.2, 0.25) is 0 Å². The van der Waals surface area contributed by atoms with Gasteiger partial charge in [0.25, 0.3) is 0 Å². The number of hydrogen-bond acceptors (Lipinski definition) is 2. The molecule has 0 spiro atoms. The number of fused-ring (bicyclic) bond motifs is 1. The topological polar surface area (TPSA) is 21.8 Å². The van der Waals surface area contributed by atoms with Crippen LogP contribution in [0.5, 0.6) is 0 Å².